The lowest BCUT2D eigenvalue weighted by Gasteiger charge is -2.17. The fraction of sp³-hybridized carbons (Fsp3) is 0.600. The van der Waals surface area contributed by atoms with E-state index in [1.165, 1.54) is 17.3 Å². The molecular formula is C10H18Cl2F2N4O. The van der Waals surface area contributed by atoms with Gasteiger partial charge in [0.2, 0.25) is 5.91 Å². The van der Waals surface area contributed by atoms with E-state index in [1.807, 2.05) is 0 Å². The van der Waals surface area contributed by atoms with Gasteiger partial charge in [-0.15, -0.1) is 24.8 Å². The number of aromatic nitrogens is 2. The Labute approximate surface area is 123 Å². The van der Waals surface area contributed by atoms with Crippen LogP contribution in [0.3, 0.4) is 0 Å². The molecular weight excluding hydrogens is 301 g/mol. The van der Waals surface area contributed by atoms with Crippen LogP contribution in [0.4, 0.5) is 8.78 Å². The predicted octanol–water partition coefficient (Wildman–Crippen LogP) is 1.69. The summed E-state index contributed by atoms with van der Waals surface area (Å²) in [5.41, 5.74) is 0. The maximum atomic E-state index is 12.5. The molecule has 0 radical (unpaired) electrons. The minimum atomic E-state index is -2.63. The van der Waals surface area contributed by atoms with Crippen molar-refractivity contribution < 1.29 is 13.6 Å². The second-order valence-corrected chi connectivity index (χ2v) is 3.63. The second-order valence-electron chi connectivity index (χ2n) is 3.63. The smallest absolute Gasteiger partial charge is 0.319 e. The number of carbonyl (C=O) groups excluding carboxylic acids is 1. The summed E-state index contributed by atoms with van der Waals surface area (Å²) in [4.78, 5) is 16.8. The molecule has 0 saturated carbocycles. The minimum absolute atomic E-state index is 0. The van der Waals surface area contributed by atoms with Gasteiger partial charge in [0, 0.05) is 32.4 Å². The second kappa shape index (κ2) is 9.94. The molecule has 0 aliphatic rings. The van der Waals surface area contributed by atoms with Gasteiger partial charge in [-0.05, 0) is 7.05 Å². The zero-order valence-electron chi connectivity index (χ0n) is 10.7. The number of alkyl halides is 2. The van der Waals surface area contributed by atoms with E-state index in [1.54, 1.807) is 14.1 Å². The van der Waals surface area contributed by atoms with Gasteiger partial charge < -0.3 is 10.2 Å². The van der Waals surface area contributed by atoms with Crippen LogP contribution in [0.25, 0.3) is 0 Å². The topological polar surface area (TPSA) is 50.2 Å². The molecule has 0 saturated heterocycles. The number of nitrogens with one attached hydrogen (secondary N) is 1. The van der Waals surface area contributed by atoms with Crippen molar-refractivity contribution in [1.82, 2.24) is 19.8 Å². The third kappa shape index (κ3) is 6.17. The van der Waals surface area contributed by atoms with Crippen molar-refractivity contribution in [2.45, 2.75) is 19.5 Å². The Balaban J connectivity index is 0. The highest BCUT2D eigenvalue weighted by Crippen LogP contribution is 2.13. The first-order valence-corrected chi connectivity index (χ1v) is 5.24. The quantitative estimate of drug-likeness (QED) is 0.868. The number of nitrogens with zero attached hydrogens (tertiary/aromatic N) is 3. The van der Waals surface area contributed by atoms with Gasteiger partial charge in [0.25, 0.3) is 0 Å². The standard InChI is InChI=1S/C10H16F2N4O.2ClH/c1-13-4-3-9(17)15(2)7-8-14-5-6-16(8)10(11)12;;/h5-6,10,13H,3-4,7H2,1-2H3;2*1H. The predicted molar refractivity (Wildman–Crippen MR) is 73.0 cm³/mol. The lowest BCUT2D eigenvalue weighted by molar-refractivity contribution is -0.130. The van der Waals surface area contributed by atoms with Gasteiger partial charge >= 0.3 is 6.55 Å². The summed E-state index contributed by atoms with van der Waals surface area (Å²) in [6.45, 7) is -1.99. The lowest BCUT2D eigenvalue weighted by atomic mass is 10.3. The van der Waals surface area contributed by atoms with E-state index in [-0.39, 0.29) is 43.1 Å². The molecule has 1 amide bonds. The number of halogens is 4. The highest BCUT2D eigenvalue weighted by Gasteiger charge is 2.15. The first-order valence-electron chi connectivity index (χ1n) is 5.24. The molecule has 0 aromatic carbocycles. The van der Waals surface area contributed by atoms with E-state index in [2.05, 4.69) is 10.3 Å². The number of imidazole rings is 1. The molecule has 5 nitrogen and oxygen atoms in total. The summed E-state index contributed by atoms with van der Waals surface area (Å²) in [5, 5.41) is 2.85. The lowest BCUT2D eigenvalue weighted by Crippen LogP contribution is -2.29. The van der Waals surface area contributed by atoms with Crippen molar-refractivity contribution in [2.75, 3.05) is 20.6 Å². The SMILES string of the molecule is CNCCC(=O)N(C)Cc1nccn1C(F)F.Cl.Cl. The van der Waals surface area contributed by atoms with Crippen LogP contribution in [0.1, 0.15) is 18.8 Å². The van der Waals surface area contributed by atoms with Gasteiger partial charge in [-0.25, -0.2) is 4.98 Å². The molecule has 0 atom stereocenters. The van der Waals surface area contributed by atoms with Gasteiger partial charge in [-0.2, -0.15) is 8.78 Å². The fourth-order valence-electron chi connectivity index (χ4n) is 1.37. The Kier molecular flexibility index (Phi) is 10.7. The van der Waals surface area contributed by atoms with Crippen molar-refractivity contribution >= 4 is 30.7 Å². The Morgan fingerprint density at radius 2 is 2.16 bits per heavy atom. The Morgan fingerprint density at radius 3 is 2.68 bits per heavy atom. The summed E-state index contributed by atoms with van der Waals surface area (Å²) >= 11 is 0. The Hall–Kier alpha value is -0.920. The van der Waals surface area contributed by atoms with E-state index in [0.717, 1.165) is 4.57 Å². The molecule has 0 spiro atoms. The van der Waals surface area contributed by atoms with Crippen molar-refractivity contribution in [2.24, 2.45) is 0 Å². The van der Waals surface area contributed by atoms with Gasteiger partial charge in [0.15, 0.2) is 0 Å². The number of hydrogen-bond donors (Lipinski definition) is 1. The van der Waals surface area contributed by atoms with Crippen LogP contribution in [0.2, 0.25) is 0 Å². The summed E-state index contributed by atoms with van der Waals surface area (Å²) in [5.74, 6) is 0.0727. The maximum Gasteiger partial charge on any atom is 0.319 e. The van der Waals surface area contributed by atoms with Crippen LogP contribution in [-0.2, 0) is 11.3 Å². The van der Waals surface area contributed by atoms with Crippen LogP contribution >= 0.6 is 24.8 Å². The van der Waals surface area contributed by atoms with Crippen LogP contribution in [0.5, 0.6) is 0 Å². The molecule has 1 aromatic heterocycles. The van der Waals surface area contributed by atoms with E-state index in [9.17, 15) is 13.6 Å². The average Bonchev–Trinajstić information content (AvgIpc) is 2.73. The molecule has 19 heavy (non-hydrogen) atoms. The minimum Gasteiger partial charge on any atom is -0.338 e. The molecule has 9 heteroatoms. The first kappa shape index (κ1) is 20.4. The maximum absolute atomic E-state index is 12.5. The van der Waals surface area contributed by atoms with E-state index in [0.29, 0.717) is 13.0 Å². The Morgan fingerprint density at radius 1 is 1.53 bits per heavy atom. The van der Waals surface area contributed by atoms with Gasteiger partial charge in [-0.1, -0.05) is 0 Å². The molecule has 1 aromatic rings. The number of amides is 1. The highest BCUT2D eigenvalue weighted by molar-refractivity contribution is 5.85. The number of hydrogen-bond acceptors (Lipinski definition) is 3. The van der Waals surface area contributed by atoms with Crippen molar-refractivity contribution in [1.29, 1.82) is 0 Å². The Bertz CT molecular complexity index is 376. The van der Waals surface area contributed by atoms with Gasteiger partial charge in [0.1, 0.15) is 5.82 Å². The van der Waals surface area contributed by atoms with Crippen molar-refractivity contribution in [3.63, 3.8) is 0 Å². The highest BCUT2D eigenvalue weighted by atomic mass is 35.5. The summed E-state index contributed by atoms with van der Waals surface area (Å²) < 4.78 is 25.8. The van der Waals surface area contributed by atoms with E-state index in [4.69, 9.17) is 0 Å². The zero-order chi connectivity index (χ0) is 12.8. The molecule has 0 aliphatic heterocycles. The first-order chi connectivity index (χ1) is 8.06. The van der Waals surface area contributed by atoms with Crippen molar-refractivity contribution in [3.05, 3.63) is 18.2 Å². The van der Waals surface area contributed by atoms with Gasteiger partial charge in [-0.3, -0.25) is 9.36 Å². The number of rotatable bonds is 6. The molecule has 112 valence electrons. The molecule has 1 N–H and O–H groups in total. The molecule has 1 rings (SSSR count). The summed E-state index contributed by atoms with van der Waals surface area (Å²) in [7, 11) is 3.32. The van der Waals surface area contributed by atoms with Crippen LogP contribution in [0, 0.1) is 0 Å². The van der Waals surface area contributed by atoms with Crippen molar-refractivity contribution in [3.8, 4) is 0 Å². The third-order valence-corrected chi connectivity index (χ3v) is 2.35. The van der Waals surface area contributed by atoms with Crippen LogP contribution in [0.15, 0.2) is 12.4 Å². The van der Waals surface area contributed by atoms with E-state index >= 15 is 0 Å². The summed E-state index contributed by atoms with van der Waals surface area (Å²) in [6, 6.07) is 0. The normalized spacial score (nSPS) is 9.74. The molecule has 0 bridgehead atoms. The van der Waals surface area contributed by atoms with Crippen LogP contribution in [-0.4, -0.2) is 41.0 Å². The monoisotopic (exact) mass is 318 g/mol. The van der Waals surface area contributed by atoms with Crippen LogP contribution < -0.4 is 5.32 Å². The fourth-order valence-corrected chi connectivity index (χ4v) is 1.37. The molecule has 0 fully saturated rings. The third-order valence-electron chi connectivity index (χ3n) is 2.35. The number of carbonyl (C=O) groups is 1. The molecule has 0 aliphatic carbocycles. The largest absolute Gasteiger partial charge is 0.338 e. The molecule has 1 heterocycles. The van der Waals surface area contributed by atoms with E-state index < -0.39 is 6.55 Å². The summed E-state index contributed by atoms with van der Waals surface area (Å²) in [6.07, 6.45) is 2.84. The van der Waals surface area contributed by atoms with Gasteiger partial charge in [0.05, 0.1) is 6.54 Å². The average molecular weight is 319 g/mol. The molecule has 0 unspecified atom stereocenters. The zero-order valence-corrected chi connectivity index (χ0v) is 12.3.